The monoisotopic (exact) mass is 289 g/mol. The number of hydrogen-bond donors (Lipinski definition) is 2. The van der Waals surface area contributed by atoms with Crippen LogP contribution in [0.25, 0.3) is 0 Å². The zero-order valence-electron chi connectivity index (χ0n) is 14.0. The zero-order valence-corrected chi connectivity index (χ0v) is 14.0. The molecule has 1 aromatic carbocycles. The fourth-order valence-electron chi connectivity index (χ4n) is 4.37. The lowest BCUT2D eigenvalue weighted by Crippen LogP contribution is -2.49. The van der Waals surface area contributed by atoms with Gasteiger partial charge in [0.25, 0.3) is 0 Å². The van der Waals surface area contributed by atoms with Gasteiger partial charge in [0.15, 0.2) is 0 Å². The van der Waals surface area contributed by atoms with Crippen molar-refractivity contribution in [3.05, 3.63) is 35.9 Å². The van der Waals surface area contributed by atoms with Crippen molar-refractivity contribution < 1.29 is 5.11 Å². The number of aliphatic hydroxyl groups excluding tert-OH is 1. The van der Waals surface area contributed by atoms with Crippen LogP contribution >= 0.6 is 0 Å². The summed E-state index contributed by atoms with van der Waals surface area (Å²) in [4.78, 5) is 0. The Labute approximate surface area is 130 Å². The lowest BCUT2D eigenvalue weighted by atomic mass is 9.63. The van der Waals surface area contributed by atoms with Crippen LogP contribution in [0.4, 0.5) is 0 Å². The van der Waals surface area contributed by atoms with Crippen LogP contribution in [-0.4, -0.2) is 23.8 Å². The van der Waals surface area contributed by atoms with Crippen molar-refractivity contribution in [3.63, 3.8) is 0 Å². The number of aliphatic hydroxyl groups is 1. The van der Waals surface area contributed by atoms with E-state index in [9.17, 15) is 5.11 Å². The minimum atomic E-state index is 0.155. The topological polar surface area (TPSA) is 32.3 Å². The van der Waals surface area contributed by atoms with Gasteiger partial charge in [0.05, 0.1) is 6.61 Å². The van der Waals surface area contributed by atoms with Crippen LogP contribution in [0.15, 0.2) is 30.3 Å². The Bertz CT molecular complexity index is 422. The van der Waals surface area contributed by atoms with E-state index in [1.54, 1.807) is 0 Å². The van der Waals surface area contributed by atoms with Gasteiger partial charge < -0.3 is 10.4 Å². The summed E-state index contributed by atoms with van der Waals surface area (Å²) in [6, 6.07) is 11.1. The van der Waals surface area contributed by atoms with Crippen molar-refractivity contribution in [1.82, 2.24) is 5.32 Å². The lowest BCUT2D eigenvalue weighted by Gasteiger charge is -2.46. The molecule has 0 heterocycles. The van der Waals surface area contributed by atoms with Gasteiger partial charge in [-0.05, 0) is 42.1 Å². The fraction of sp³-hybridized carbons (Fsp3) is 0.684. The normalized spacial score (nSPS) is 22.9. The van der Waals surface area contributed by atoms with Gasteiger partial charge in [0.1, 0.15) is 0 Å². The molecule has 0 aliphatic heterocycles. The van der Waals surface area contributed by atoms with Gasteiger partial charge in [-0.15, -0.1) is 0 Å². The molecule has 2 heteroatoms. The molecular weight excluding hydrogens is 258 g/mol. The molecule has 2 rings (SSSR count). The van der Waals surface area contributed by atoms with Gasteiger partial charge in [0, 0.05) is 12.1 Å². The Kier molecular flexibility index (Phi) is 5.11. The third-order valence-corrected chi connectivity index (χ3v) is 4.57. The van der Waals surface area contributed by atoms with E-state index in [0.717, 1.165) is 6.42 Å². The average Bonchev–Trinajstić information content (AvgIpc) is 2.35. The Morgan fingerprint density at radius 2 is 1.67 bits per heavy atom. The molecule has 118 valence electrons. The summed E-state index contributed by atoms with van der Waals surface area (Å²) in [5.41, 5.74) is 2.05. The summed E-state index contributed by atoms with van der Waals surface area (Å²) >= 11 is 0. The van der Waals surface area contributed by atoms with Crippen molar-refractivity contribution in [2.24, 2.45) is 10.8 Å². The molecule has 0 aromatic heterocycles. The Morgan fingerprint density at radius 3 is 2.19 bits per heavy atom. The maximum absolute atomic E-state index is 9.72. The smallest absolute Gasteiger partial charge is 0.0587 e. The van der Waals surface area contributed by atoms with Gasteiger partial charge in [-0.1, -0.05) is 58.0 Å². The van der Waals surface area contributed by atoms with E-state index in [2.05, 4.69) is 57.3 Å². The quantitative estimate of drug-likeness (QED) is 0.864. The third kappa shape index (κ3) is 5.12. The molecule has 0 radical (unpaired) electrons. The van der Waals surface area contributed by atoms with Crippen LogP contribution in [0.1, 0.15) is 52.5 Å². The number of nitrogens with one attached hydrogen (secondary N) is 1. The maximum atomic E-state index is 9.72. The molecule has 1 atom stereocenters. The number of rotatable bonds is 5. The van der Waals surface area contributed by atoms with E-state index in [0.29, 0.717) is 16.9 Å². The Hall–Kier alpha value is -0.860. The predicted octanol–water partition coefficient (Wildman–Crippen LogP) is 3.78. The molecule has 1 aliphatic rings. The lowest BCUT2D eigenvalue weighted by molar-refractivity contribution is 0.0749. The summed E-state index contributed by atoms with van der Waals surface area (Å²) in [7, 11) is 0. The van der Waals surface area contributed by atoms with Gasteiger partial charge in [-0.2, -0.15) is 0 Å². The highest BCUT2D eigenvalue weighted by atomic mass is 16.3. The minimum Gasteiger partial charge on any atom is -0.395 e. The standard InChI is InChI=1S/C19H31NO/c1-18(2)11-17(12-19(3,4)14-18)20-16(13-21)10-15-8-6-5-7-9-15/h5-9,16-17,20-21H,10-14H2,1-4H3/t16-/m0/s1. The SMILES string of the molecule is CC1(C)CC(N[C@H](CO)Cc2ccccc2)CC(C)(C)C1. The molecule has 0 unspecified atom stereocenters. The summed E-state index contributed by atoms with van der Waals surface area (Å²) in [6.07, 6.45) is 4.57. The van der Waals surface area contributed by atoms with E-state index in [4.69, 9.17) is 0 Å². The third-order valence-electron chi connectivity index (χ3n) is 4.57. The first-order valence-electron chi connectivity index (χ1n) is 8.21. The molecule has 0 bridgehead atoms. The fourth-order valence-corrected chi connectivity index (χ4v) is 4.37. The highest BCUT2D eigenvalue weighted by molar-refractivity contribution is 5.16. The van der Waals surface area contributed by atoms with E-state index in [1.165, 1.54) is 24.8 Å². The minimum absolute atomic E-state index is 0.155. The van der Waals surface area contributed by atoms with Gasteiger partial charge in [-0.3, -0.25) is 0 Å². The van der Waals surface area contributed by atoms with Crippen molar-refractivity contribution in [2.75, 3.05) is 6.61 Å². The first kappa shape index (κ1) is 16.5. The van der Waals surface area contributed by atoms with Gasteiger partial charge in [-0.25, -0.2) is 0 Å². The highest BCUT2D eigenvalue weighted by Gasteiger charge is 2.38. The predicted molar refractivity (Wildman–Crippen MR) is 89.4 cm³/mol. The van der Waals surface area contributed by atoms with Crippen LogP contribution in [0.5, 0.6) is 0 Å². The first-order valence-corrected chi connectivity index (χ1v) is 8.21. The molecule has 2 nitrogen and oxygen atoms in total. The summed E-state index contributed by atoms with van der Waals surface area (Å²) in [6.45, 7) is 9.68. The molecule has 1 saturated carbocycles. The number of hydrogen-bond acceptors (Lipinski definition) is 2. The van der Waals surface area contributed by atoms with Crippen molar-refractivity contribution in [1.29, 1.82) is 0 Å². The first-order chi connectivity index (χ1) is 9.80. The van der Waals surface area contributed by atoms with Crippen molar-refractivity contribution in [2.45, 2.75) is 65.5 Å². The van der Waals surface area contributed by atoms with E-state index in [1.807, 2.05) is 6.07 Å². The van der Waals surface area contributed by atoms with Crippen LogP contribution in [-0.2, 0) is 6.42 Å². The maximum Gasteiger partial charge on any atom is 0.0587 e. The molecule has 0 saturated heterocycles. The molecule has 2 N–H and O–H groups in total. The van der Waals surface area contributed by atoms with Gasteiger partial charge in [0.2, 0.25) is 0 Å². The van der Waals surface area contributed by atoms with Crippen LogP contribution in [0, 0.1) is 10.8 Å². The molecular formula is C19H31NO. The summed E-state index contributed by atoms with van der Waals surface area (Å²) in [5, 5.41) is 13.4. The largest absolute Gasteiger partial charge is 0.395 e. The number of benzene rings is 1. The molecule has 21 heavy (non-hydrogen) atoms. The molecule has 1 aromatic rings. The Morgan fingerprint density at radius 1 is 1.10 bits per heavy atom. The van der Waals surface area contributed by atoms with E-state index < -0.39 is 0 Å². The van der Waals surface area contributed by atoms with E-state index in [-0.39, 0.29) is 12.6 Å². The zero-order chi connectivity index (χ0) is 15.5. The van der Waals surface area contributed by atoms with Crippen molar-refractivity contribution >= 4 is 0 Å². The van der Waals surface area contributed by atoms with Crippen LogP contribution in [0.2, 0.25) is 0 Å². The molecule has 0 amide bonds. The summed E-state index contributed by atoms with van der Waals surface area (Å²) < 4.78 is 0. The van der Waals surface area contributed by atoms with Crippen molar-refractivity contribution in [3.8, 4) is 0 Å². The summed E-state index contributed by atoms with van der Waals surface area (Å²) in [5.74, 6) is 0. The highest BCUT2D eigenvalue weighted by Crippen LogP contribution is 2.45. The van der Waals surface area contributed by atoms with E-state index >= 15 is 0 Å². The molecule has 1 aliphatic carbocycles. The molecule has 0 spiro atoms. The van der Waals surface area contributed by atoms with Gasteiger partial charge >= 0.3 is 0 Å². The Balaban J connectivity index is 1.98. The second-order valence-electron chi connectivity index (χ2n) is 8.35. The molecule has 1 fully saturated rings. The average molecular weight is 289 g/mol. The second kappa shape index (κ2) is 6.50. The second-order valence-corrected chi connectivity index (χ2v) is 8.35. The van der Waals surface area contributed by atoms with Crippen LogP contribution < -0.4 is 5.32 Å². The van der Waals surface area contributed by atoms with Crippen LogP contribution in [0.3, 0.4) is 0 Å².